The van der Waals surface area contributed by atoms with Crippen molar-refractivity contribution >= 4 is 25.6 Å². The molecule has 0 saturated carbocycles. The van der Waals surface area contributed by atoms with Crippen LogP contribution >= 0.6 is 25.6 Å². The van der Waals surface area contributed by atoms with Crippen molar-refractivity contribution < 1.29 is 17.3 Å². The Morgan fingerprint density at radius 1 is 1.30 bits per heavy atom. The first-order chi connectivity index (χ1) is 4.80. The van der Waals surface area contributed by atoms with E-state index in [-0.39, 0.29) is 0 Å². The van der Waals surface area contributed by atoms with E-state index in [1.165, 1.54) is 0 Å². The van der Waals surface area contributed by atoms with E-state index in [4.69, 9.17) is 9.69 Å². The van der Waals surface area contributed by atoms with Crippen LogP contribution in [0, 0.1) is 6.92 Å². The van der Waals surface area contributed by atoms with Gasteiger partial charge in [0.25, 0.3) is 0 Å². The van der Waals surface area contributed by atoms with Crippen molar-refractivity contribution in [1.29, 1.82) is 0 Å². The Morgan fingerprint density at radius 3 is 2.10 bits per heavy atom. The first-order valence-electron chi connectivity index (χ1n) is 2.64. The summed E-state index contributed by atoms with van der Waals surface area (Å²) in [6, 6.07) is 7.87. The second kappa shape index (κ2) is 6.21. The fourth-order valence-electron chi connectivity index (χ4n) is 0.498. The third-order valence-electron chi connectivity index (χ3n) is 0.958. The molecule has 0 N–H and O–H groups in total. The molecule has 0 unspecified atom stereocenters. The minimum absolute atomic E-state index is 0.847. The predicted molar refractivity (Wildman–Crippen MR) is 44.5 cm³/mol. The molecule has 0 radical (unpaired) electrons. The van der Waals surface area contributed by atoms with Gasteiger partial charge in [-0.2, -0.15) is 18.6 Å². The summed E-state index contributed by atoms with van der Waals surface area (Å²) in [5.41, 5.74) is 1.03. The van der Waals surface area contributed by atoms with E-state index in [1.54, 1.807) is 0 Å². The molecule has 0 aliphatic rings. The van der Waals surface area contributed by atoms with Crippen LogP contribution < -0.4 is 0 Å². The summed E-state index contributed by atoms with van der Waals surface area (Å²) >= 11 is 4.18. The molecule has 50 valence electrons. The van der Waals surface area contributed by atoms with Crippen molar-refractivity contribution in [2.45, 2.75) is 0 Å². The molecule has 1 aromatic rings. The Morgan fingerprint density at radius 2 is 1.80 bits per heavy atom. The van der Waals surface area contributed by atoms with Crippen molar-refractivity contribution in [3.63, 3.8) is 0 Å². The van der Waals surface area contributed by atoms with Crippen LogP contribution in [0.4, 0.5) is 0 Å². The van der Waals surface area contributed by atoms with Crippen LogP contribution in [0.25, 0.3) is 0 Å². The Kier molecular flexibility index (Phi) is 6.51. The number of halogens is 2. The number of rotatable bonds is 0. The molecule has 10 heavy (non-hydrogen) atoms. The van der Waals surface area contributed by atoms with Gasteiger partial charge >= 0.3 is 27.0 Å². The van der Waals surface area contributed by atoms with Crippen molar-refractivity contribution in [3.05, 3.63) is 41.2 Å². The molecule has 0 bridgehead atoms. The molecule has 0 amide bonds. The Hall–Kier alpha value is 0.483. The summed E-state index contributed by atoms with van der Waals surface area (Å²) in [5.74, 6) is 0. The minimum atomic E-state index is 0.847. The monoisotopic (exact) mass is 268 g/mol. The zero-order valence-corrected chi connectivity index (χ0v) is 10.8. The van der Waals surface area contributed by atoms with Crippen LogP contribution in [0.5, 0.6) is 0 Å². The van der Waals surface area contributed by atoms with E-state index in [1.807, 2.05) is 24.3 Å². The van der Waals surface area contributed by atoms with Gasteiger partial charge in [-0.15, -0.1) is 28.1 Å². The Balaban J connectivity index is 0.000000371. The van der Waals surface area contributed by atoms with Gasteiger partial charge in [-0.25, -0.2) is 0 Å². The fourth-order valence-corrected chi connectivity index (χ4v) is 0.783. The topological polar surface area (TPSA) is 0 Å². The van der Waals surface area contributed by atoms with Crippen LogP contribution in [0.3, 0.4) is 0 Å². The molecule has 0 heterocycles. The van der Waals surface area contributed by atoms with E-state index in [0.717, 1.165) is 27.3 Å². The molecule has 3 heteroatoms. The molecule has 0 fully saturated rings. The molecule has 0 spiro atoms. The maximum absolute atomic E-state index is 4.76. The molecular weight excluding hydrogens is 265 g/mol. The SMILES string of the molecule is [CH2-]c1ccccc1Br.[Cl][Zn+]. The van der Waals surface area contributed by atoms with Gasteiger partial charge in [-0.05, 0) is 0 Å². The Bertz CT molecular complexity index is 170. The average Bonchev–Trinajstić information content (AvgIpc) is 2.00. The maximum atomic E-state index is 4.76. The number of benzene rings is 1. The van der Waals surface area contributed by atoms with Gasteiger partial charge in [0.1, 0.15) is 0 Å². The van der Waals surface area contributed by atoms with Crippen molar-refractivity contribution in [1.82, 2.24) is 0 Å². The van der Waals surface area contributed by atoms with Crippen LogP contribution in [-0.2, 0) is 17.3 Å². The van der Waals surface area contributed by atoms with Crippen molar-refractivity contribution in [3.8, 4) is 0 Å². The zero-order chi connectivity index (χ0) is 7.98. The van der Waals surface area contributed by atoms with Gasteiger partial charge in [0.15, 0.2) is 0 Å². The van der Waals surface area contributed by atoms with Crippen LogP contribution in [0.1, 0.15) is 5.56 Å². The molecular formula is C7H6BrClZn. The van der Waals surface area contributed by atoms with E-state index < -0.39 is 0 Å². The van der Waals surface area contributed by atoms with E-state index in [2.05, 4.69) is 22.9 Å². The van der Waals surface area contributed by atoms with Gasteiger partial charge in [0.2, 0.25) is 0 Å². The quantitative estimate of drug-likeness (QED) is 0.501. The van der Waals surface area contributed by atoms with Gasteiger partial charge in [-0.3, -0.25) is 0 Å². The van der Waals surface area contributed by atoms with Gasteiger partial charge in [0.05, 0.1) is 0 Å². The molecule has 0 aromatic heterocycles. The summed E-state index contributed by atoms with van der Waals surface area (Å²) < 4.78 is 1.07. The molecule has 0 aliphatic carbocycles. The normalized spacial score (nSPS) is 8.00. The molecule has 0 saturated heterocycles. The van der Waals surface area contributed by atoms with E-state index in [9.17, 15) is 0 Å². The summed E-state index contributed by atoms with van der Waals surface area (Å²) in [6.07, 6.45) is 0. The van der Waals surface area contributed by atoms with Crippen molar-refractivity contribution in [2.24, 2.45) is 0 Å². The molecule has 1 rings (SSSR count). The van der Waals surface area contributed by atoms with Gasteiger partial charge in [0, 0.05) is 0 Å². The second-order valence-corrected chi connectivity index (χ2v) is 2.45. The van der Waals surface area contributed by atoms with Gasteiger partial charge in [-0.1, -0.05) is 10.5 Å². The van der Waals surface area contributed by atoms with Gasteiger partial charge < -0.3 is 0 Å². The zero-order valence-electron chi connectivity index (χ0n) is 5.48. The summed E-state index contributed by atoms with van der Waals surface area (Å²) in [6.45, 7) is 3.77. The number of hydrogen-bond acceptors (Lipinski definition) is 0. The third kappa shape index (κ3) is 3.60. The summed E-state index contributed by atoms with van der Waals surface area (Å²) in [7, 11) is 4.76. The van der Waals surface area contributed by atoms with Crippen LogP contribution in [0.2, 0.25) is 0 Å². The summed E-state index contributed by atoms with van der Waals surface area (Å²) in [4.78, 5) is 0. The standard InChI is InChI=1S/C7H6Br.ClH.Zn/c1-6-4-2-3-5-7(6)8;;/h2-5H,1H2;1H;/q-1;;+2/p-1. The first-order valence-corrected chi connectivity index (χ1v) is 7.33. The molecule has 0 aliphatic heterocycles. The number of hydrogen-bond donors (Lipinski definition) is 0. The molecule has 0 nitrogen and oxygen atoms in total. The average molecular weight is 271 g/mol. The van der Waals surface area contributed by atoms with Crippen molar-refractivity contribution in [2.75, 3.05) is 0 Å². The molecule has 1 aromatic carbocycles. The Labute approximate surface area is 83.8 Å². The molecule has 0 atom stereocenters. The van der Waals surface area contributed by atoms with E-state index >= 15 is 0 Å². The first kappa shape index (κ1) is 10.5. The summed E-state index contributed by atoms with van der Waals surface area (Å²) in [5, 5.41) is 0. The van der Waals surface area contributed by atoms with E-state index in [0.29, 0.717) is 0 Å². The van der Waals surface area contributed by atoms with Crippen LogP contribution in [-0.4, -0.2) is 0 Å². The van der Waals surface area contributed by atoms with Crippen LogP contribution in [0.15, 0.2) is 28.7 Å². The predicted octanol–water partition coefficient (Wildman–Crippen LogP) is 3.32. The second-order valence-electron chi connectivity index (χ2n) is 1.59. The third-order valence-corrected chi connectivity index (χ3v) is 1.73. The fraction of sp³-hybridized carbons (Fsp3) is 0.